The van der Waals surface area contributed by atoms with Crippen molar-refractivity contribution in [2.75, 3.05) is 60.5 Å². The van der Waals surface area contributed by atoms with Gasteiger partial charge in [-0.1, -0.05) is 38.2 Å². The molecule has 2 aliphatic heterocycles. The van der Waals surface area contributed by atoms with Gasteiger partial charge in [0.1, 0.15) is 5.69 Å². The van der Waals surface area contributed by atoms with Gasteiger partial charge in [0.15, 0.2) is 11.6 Å². The van der Waals surface area contributed by atoms with Crippen LogP contribution in [0.15, 0.2) is 36.0 Å². The molecule has 4 N–H and O–H groups in total. The summed E-state index contributed by atoms with van der Waals surface area (Å²) in [5.74, 6) is 1.26. The number of aromatic nitrogens is 2. The molecule has 1 aromatic heterocycles. The van der Waals surface area contributed by atoms with Gasteiger partial charge in [0.25, 0.3) is 0 Å². The minimum Gasteiger partial charge on any atom is -0.382 e. The van der Waals surface area contributed by atoms with Crippen LogP contribution in [-0.2, 0) is 4.79 Å². The smallest absolute Gasteiger partial charge is 0.244 e. The molecule has 1 fully saturated rings. The van der Waals surface area contributed by atoms with Gasteiger partial charge in [0, 0.05) is 19.6 Å². The molecule has 0 atom stereocenters. The summed E-state index contributed by atoms with van der Waals surface area (Å²) in [5, 5.41) is 6.03. The Bertz CT molecular complexity index is 856. The maximum absolute atomic E-state index is 12.3. The Labute approximate surface area is 185 Å². The van der Waals surface area contributed by atoms with Crippen LogP contribution in [0.1, 0.15) is 39.5 Å². The molecule has 3 heterocycles. The number of carbonyl (C=O) groups excluding carboxylic acids is 1. The first-order valence-corrected chi connectivity index (χ1v) is 11.2. The number of amides is 1. The van der Waals surface area contributed by atoms with Crippen molar-refractivity contribution in [2.45, 2.75) is 39.5 Å². The lowest BCUT2D eigenvalue weighted by Crippen LogP contribution is -2.40. The normalized spacial score (nSPS) is 17.2. The zero-order chi connectivity index (χ0) is 22.2. The van der Waals surface area contributed by atoms with Crippen molar-refractivity contribution in [3.05, 3.63) is 36.0 Å². The summed E-state index contributed by atoms with van der Waals surface area (Å²) in [6.07, 6.45) is 10.9. The summed E-state index contributed by atoms with van der Waals surface area (Å²) in [5.41, 5.74) is 8.75. The van der Waals surface area contributed by atoms with Crippen molar-refractivity contribution in [2.24, 2.45) is 0 Å². The maximum atomic E-state index is 12.3. The third-order valence-corrected chi connectivity index (χ3v) is 5.40. The Hall–Kier alpha value is -2.87. The number of fused-ring (bicyclic) bond motifs is 1. The van der Waals surface area contributed by atoms with Crippen molar-refractivity contribution in [1.82, 2.24) is 14.9 Å². The molecule has 1 amide bonds. The molecule has 2 aliphatic rings. The summed E-state index contributed by atoms with van der Waals surface area (Å²) in [6.45, 7) is 13.1. The molecule has 0 bridgehead atoms. The second-order valence-corrected chi connectivity index (χ2v) is 8.18. The fourth-order valence-corrected chi connectivity index (χ4v) is 3.94. The number of unbranched alkanes of at least 4 members (excludes halogenated alkanes) is 1. The molecular weight excluding hydrogens is 390 g/mol. The number of nitrogens with zero attached hydrogens (tertiary/aromatic N) is 4. The number of anilines is 4. The van der Waals surface area contributed by atoms with Crippen LogP contribution in [0.5, 0.6) is 0 Å². The van der Waals surface area contributed by atoms with Crippen molar-refractivity contribution in [1.29, 1.82) is 0 Å². The number of hydrogen-bond acceptors (Lipinski definition) is 7. The molecule has 8 heteroatoms. The highest BCUT2D eigenvalue weighted by molar-refractivity contribution is 6.03. The lowest BCUT2D eigenvalue weighted by Gasteiger charge is -2.30. The molecule has 1 saturated heterocycles. The van der Waals surface area contributed by atoms with Crippen LogP contribution in [-0.4, -0.2) is 60.0 Å². The van der Waals surface area contributed by atoms with Crippen LogP contribution < -0.4 is 21.3 Å². The quantitative estimate of drug-likeness (QED) is 0.391. The Morgan fingerprint density at radius 3 is 2.77 bits per heavy atom. The van der Waals surface area contributed by atoms with Gasteiger partial charge in [0.2, 0.25) is 11.9 Å². The second kappa shape index (κ2) is 10.9. The lowest BCUT2D eigenvalue weighted by atomic mass is 10.1. The first kappa shape index (κ1) is 22.8. The number of hydrogen-bond donors (Lipinski definition) is 3. The van der Waals surface area contributed by atoms with Crippen LogP contribution >= 0.6 is 0 Å². The molecule has 168 valence electrons. The van der Waals surface area contributed by atoms with E-state index in [4.69, 9.17) is 5.73 Å². The van der Waals surface area contributed by atoms with Crippen molar-refractivity contribution in [3.8, 4) is 0 Å². The Morgan fingerprint density at radius 1 is 1.29 bits per heavy atom. The predicted molar refractivity (Wildman–Crippen MR) is 128 cm³/mol. The number of likely N-dealkylation sites (tertiary alicyclic amines) is 1. The van der Waals surface area contributed by atoms with Crippen LogP contribution in [0, 0.1) is 0 Å². The number of carbonyl (C=O) groups is 1. The minimum atomic E-state index is -0.128. The summed E-state index contributed by atoms with van der Waals surface area (Å²) in [4.78, 5) is 25.6. The van der Waals surface area contributed by atoms with Crippen LogP contribution in [0.3, 0.4) is 0 Å². The van der Waals surface area contributed by atoms with Gasteiger partial charge in [-0.05, 0) is 50.4 Å². The van der Waals surface area contributed by atoms with E-state index in [1.54, 1.807) is 0 Å². The SMILES string of the molecule is C=C(C=C(C=CC)CN1CCCC1)CN1CC(=O)Nc2c(N)nc(NCCCC)nc21. The number of nitrogens with two attached hydrogens (primary N) is 1. The zero-order valence-corrected chi connectivity index (χ0v) is 18.8. The van der Waals surface area contributed by atoms with E-state index in [0.717, 1.165) is 44.6 Å². The molecule has 31 heavy (non-hydrogen) atoms. The standard InChI is InChI=1S/C23H35N7O/c1-4-6-10-25-23-27-21(24)20-22(28-23)30(16-19(31)26-20)14-17(3)13-18(9-5-2)15-29-11-7-8-12-29/h5,9,13H,3-4,6-8,10-12,14-16H2,1-2H3,(H,26,31)(H3,24,25,27,28). The van der Waals surface area contributed by atoms with Gasteiger partial charge in [0.05, 0.1) is 6.54 Å². The topological polar surface area (TPSA) is 99.4 Å². The van der Waals surface area contributed by atoms with E-state index in [2.05, 4.69) is 57.2 Å². The first-order chi connectivity index (χ1) is 15.0. The van der Waals surface area contributed by atoms with Crippen LogP contribution in [0.4, 0.5) is 23.3 Å². The highest BCUT2D eigenvalue weighted by atomic mass is 16.2. The van der Waals surface area contributed by atoms with Gasteiger partial charge < -0.3 is 21.3 Å². The molecular formula is C23H35N7O. The Kier molecular flexibility index (Phi) is 8.06. The van der Waals surface area contributed by atoms with E-state index in [1.807, 2.05) is 11.8 Å². The largest absolute Gasteiger partial charge is 0.382 e. The fourth-order valence-electron chi connectivity index (χ4n) is 3.94. The van der Waals surface area contributed by atoms with E-state index in [1.165, 1.54) is 18.4 Å². The third-order valence-electron chi connectivity index (χ3n) is 5.40. The number of rotatable bonds is 10. The van der Waals surface area contributed by atoms with E-state index < -0.39 is 0 Å². The summed E-state index contributed by atoms with van der Waals surface area (Å²) in [6, 6.07) is 0. The fraction of sp³-hybridized carbons (Fsp3) is 0.522. The van der Waals surface area contributed by atoms with E-state index in [0.29, 0.717) is 24.0 Å². The minimum absolute atomic E-state index is 0.128. The number of nitrogens with one attached hydrogen (secondary N) is 2. The monoisotopic (exact) mass is 425 g/mol. The van der Waals surface area contributed by atoms with Crippen LogP contribution in [0.2, 0.25) is 0 Å². The number of allylic oxidation sites excluding steroid dienone is 1. The van der Waals surface area contributed by atoms with Gasteiger partial charge in [-0.3, -0.25) is 9.69 Å². The summed E-state index contributed by atoms with van der Waals surface area (Å²) < 4.78 is 0. The molecule has 0 spiro atoms. The van der Waals surface area contributed by atoms with Crippen molar-refractivity contribution >= 4 is 29.2 Å². The molecule has 0 saturated carbocycles. The van der Waals surface area contributed by atoms with E-state index >= 15 is 0 Å². The number of nitrogen functional groups attached to an aromatic ring is 1. The average molecular weight is 426 g/mol. The van der Waals surface area contributed by atoms with Gasteiger partial charge in [-0.2, -0.15) is 9.97 Å². The zero-order valence-electron chi connectivity index (χ0n) is 18.8. The highest BCUT2D eigenvalue weighted by Crippen LogP contribution is 2.33. The Morgan fingerprint density at radius 2 is 2.06 bits per heavy atom. The van der Waals surface area contributed by atoms with Crippen molar-refractivity contribution in [3.63, 3.8) is 0 Å². The second-order valence-electron chi connectivity index (χ2n) is 8.18. The predicted octanol–water partition coefficient (Wildman–Crippen LogP) is 3.18. The van der Waals surface area contributed by atoms with E-state index in [9.17, 15) is 4.79 Å². The highest BCUT2D eigenvalue weighted by Gasteiger charge is 2.27. The maximum Gasteiger partial charge on any atom is 0.244 e. The first-order valence-electron chi connectivity index (χ1n) is 11.2. The third kappa shape index (κ3) is 6.30. The van der Waals surface area contributed by atoms with Gasteiger partial charge >= 0.3 is 0 Å². The lowest BCUT2D eigenvalue weighted by molar-refractivity contribution is -0.115. The van der Waals surface area contributed by atoms with Crippen LogP contribution in [0.25, 0.3) is 0 Å². The van der Waals surface area contributed by atoms with Crippen molar-refractivity contribution < 1.29 is 4.79 Å². The summed E-state index contributed by atoms with van der Waals surface area (Å²) >= 11 is 0. The molecule has 1 aromatic rings. The average Bonchev–Trinajstić information content (AvgIpc) is 3.22. The molecule has 0 aromatic carbocycles. The molecule has 3 rings (SSSR count). The van der Waals surface area contributed by atoms with Gasteiger partial charge in [-0.15, -0.1) is 0 Å². The summed E-state index contributed by atoms with van der Waals surface area (Å²) in [7, 11) is 0. The Balaban J connectivity index is 1.77. The molecule has 8 nitrogen and oxygen atoms in total. The van der Waals surface area contributed by atoms with E-state index in [-0.39, 0.29) is 18.3 Å². The molecule has 0 unspecified atom stereocenters. The molecule has 0 radical (unpaired) electrons. The molecule has 0 aliphatic carbocycles. The van der Waals surface area contributed by atoms with Gasteiger partial charge in [-0.25, -0.2) is 0 Å².